The third-order valence-electron chi connectivity index (χ3n) is 1.49. The monoisotopic (exact) mass is 205 g/mol. The summed E-state index contributed by atoms with van der Waals surface area (Å²) in [4.78, 5) is 21.1. The van der Waals surface area contributed by atoms with Crippen molar-refractivity contribution in [3.05, 3.63) is 0 Å². The highest BCUT2D eigenvalue weighted by Crippen LogP contribution is 2.20. The maximum atomic E-state index is 10.7. The van der Waals surface area contributed by atoms with Gasteiger partial charge in [0.15, 0.2) is 0 Å². The fourth-order valence-electron chi connectivity index (χ4n) is 0.835. The van der Waals surface area contributed by atoms with Gasteiger partial charge in [0, 0.05) is 12.2 Å². The van der Waals surface area contributed by atoms with Gasteiger partial charge in [-0.25, -0.2) is 0 Å². The van der Waals surface area contributed by atoms with Crippen LogP contribution >= 0.6 is 11.8 Å². The lowest BCUT2D eigenvalue weighted by atomic mass is 10.1. The Hall–Kier alpha value is -0.710. The molecule has 5 heteroatoms. The van der Waals surface area contributed by atoms with Gasteiger partial charge in [0.2, 0.25) is 5.91 Å². The first kappa shape index (κ1) is 12.3. The van der Waals surface area contributed by atoms with E-state index in [9.17, 15) is 9.59 Å². The summed E-state index contributed by atoms with van der Waals surface area (Å²) >= 11 is 1.27. The van der Waals surface area contributed by atoms with Crippen LogP contribution in [0.25, 0.3) is 0 Å². The molecule has 0 radical (unpaired) electrons. The third-order valence-corrected chi connectivity index (χ3v) is 3.04. The van der Waals surface area contributed by atoms with Gasteiger partial charge in [-0.1, -0.05) is 13.8 Å². The summed E-state index contributed by atoms with van der Waals surface area (Å²) in [7, 11) is 0. The number of carboxylic acids is 1. The Bertz CT molecular complexity index is 194. The van der Waals surface area contributed by atoms with Crippen molar-refractivity contribution in [2.24, 2.45) is 11.7 Å². The van der Waals surface area contributed by atoms with Crippen LogP contribution in [-0.2, 0) is 9.59 Å². The highest BCUT2D eigenvalue weighted by atomic mass is 32.2. The minimum atomic E-state index is -0.829. The van der Waals surface area contributed by atoms with Crippen molar-refractivity contribution in [2.75, 3.05) is 5.75 Å². The number of primary amides is 1. The van der Waals surface area contributed by atoms with Gasteiger partial charge in [-0.15, -0.1) is 11.8 Å². The molecule has 0 aromatic carbocycles. The zero-order chi connectivity index (χ0) is 10.4. The summed E-state index contributed by atoms with van der Waals surface area (Å²) in [6.07, 6.45) is 0.237. The Morgan fingerprint density at radius 2 is 2.00 bits per heavy atom. The van der Waals surface area contributed by atoms with Crippen molar-refractivity contribution in [1.29, 1.82) is 0 Å². The van der Waals surface area contributed by atoms with Crippen molar-refractivity contribution >= 4 is 23.6 Å². The normalized spacial score (nSPS) is 12.8. The summed E-state index contributed by atoms with van der Waals surface area (Å²) in [5.74, 6) is -0.676. The number of hydrogen-bond acceptors (Lipinski definition) is 3. The summed E-state index contributed by atoms with van der Waals surface area (Å²) in [5, 5.41) is 8.33. The molecule has 1 amide bonds. The molecule has 0 aliphatic rings. The molecule has 0 fully saturated rings. The molecule has 0 bridgehead atoms. The maximum absolute atomic E-state index is 10.7. The first-order valence-electron chi connectivity index (χ1n) is 4.08. The number of rotatable bonds is 6. The van der Waals surface area contributed by atoms with E-state index in [4.69, 9.17) is 10.8 Å². The standard InChI is InChI=1S/C8H15NO3S/c1-5(2)7(8(11)12)13-4-3-6(9)10/h5,7H,3-4H2,1-2H3,(H2,9,10)(H,11,12). The summed E-state index contributed by atoms with van der Waals surface area (Å²) in [6.45, 7) is 3.69. The largest absolute Gasteiger partial charge is 0.480 e. The van der Waals surface area contributed by atoms with E-state index in [1.54, 1.807) is 0 Å². The predicted octanol–water partition coefficient (Wildman–Crippen LogP) is 0.704. The van der Waals surface area contributed by atoms with E-state index in [-0.39, 0.29) is 18.2 Å². The van der Waals surface area contributed by atoms with Gasteiger partial charge in [-0.3, -0.25) is 9.59 Å². The van der Waals surface area contributed by atoms with E-state index < -0.39 is 11.2 Å². The van der Waals surface area contributed by atoms with Crippen molar-refractivity contribution in [1.82, 2.24) is 0 Å². The Labute approximate surface area is 81.9 Å². The Kier molecular flexibility index (Phi) is 5.53. The molecule has 0 heterocycles. The fourth-order valence-corrected chi connectivity index (χ4v) is 1.94. The molecule has 4 nitrogen and oxygen atoms in total. The molecule has 0 aliphatic heterocycles. The number of nitrogens with two attached hydrogens (primary N) is 1. The zero-order valence-corrected chi connectivity index (χ0v) is 8.63. The molecular weight excluding hydrogens is 190 g/mol. The second-order valence-electron chi connectivity index (χ2n) is 3.09. The number of thioether (sulfide) groups is 1. The molecule has 13 heavy (non-hydrogen) atoms. The smallest absolute Gasteiger partial charge is 0.316 e. The second-order valence-corrected chi connectivity index (χ2v) is 4.34. The van der Waals surface area contributed by atoms with Crippen LogP contribution in [0.3, 0.4) is 0 Å². The number of carbonyl (C=O) groups excluding carboxylic acids is 1. The Morgan fingerprint density at radius 3 is 2.31 bits per heavy atom. The zero-order valence-electron chi connectivity index (χ0n) is 7.82. The van der Waals surface area contributed by atoms with Crippen LogP contribution in [-0.4, -0.2) is 28.0 Å². The van der Waals surface area contributed by atoms with Gasteiger partial charge >= 0.3 is 5.97 Å². The minimum absolute atomic E-state index is 0.0652. The van der Waals surface area contributed by atoms with Crippen molar-refractivity contribution in [3.63, 3.8) is 0 Å². The average molecular weight is 205 g/mol. The lowest BCUT2D eigenvalue weighted by Gasteiger charge is -2.14. The molecule has 0 saturated heterocycles. The highest BCUT2D eigenvalue weighted by Gasteiger charge is 2.21. The van der Waals surface area contributed by atoms with Gasteiger partial charge in [-0.05, 0) is 5.92 Å². The molecule has 3 N–H and O–H groups in total. The minimum Gasteiger partial charge on any atom is -0.480 e. The molecule has 76 valence electrons. The van der Waals surface area contributed by atoms with Gasteiger partial charge in [-0.2, -0.15) is 0 Å². The number of carbonyl (C=O) groups is 2. The van der Waals surface area contributed by atoms with E-state index in [1.165, 1.54) is 11.8 Å². The van der Waals surface area contributed by atoms with Gasteiger partial charge in [0.25, 0.3) is 0 Å². The predicted molar refractivity (Wildman–Crippen MR) is 52.5 cm³/mol. The molecule has 0 aromatic rings. The van der Waals surface area contributed by atoms with Crippen molar-refractivity contribution in [2.45, 2.75) is 25.5 Å². The van der Waals surface area contributed by atoms with E-state index in [0.717, 1.165) is 0 Å². The van der Waals surface area contributed by atoms with Gasteiger partial charge < -0.3 is 10.8 Å². The van der Waals surface area contributed by atoms with Gasteiger partial charge in [0.05, 0.1) is 0 Å². The number of carboxylic acid groups (broad SMARTS) is 1. The van der Waals surface area contributed by atoms with E-state index in [1.807, 2.05) is 13.8 Å². The molecule has 0 rings (SSSR count). The molecule has 0 spiro atoms. The highest BCUT2D eigenvalue weighted by molar-refractivity contribution is 8.00. The van der Waals surface area contributed by atoms with Crippen LogP contribution in [0.2, 0.25) is 0 Å². The topological polar surface area (TPSA) is 80.4 Å². The quantitative estimate of drug-likeness (QED) is 0.669. The summed E-state index contributed by atoms with van der Waals surface area (Å²) < 4.78 is 0. The SMILES string of the molecule is CC(C)C(SCCC(N)=O)C(=O)O. The van der Waals surface area contributed by atoms with E-state index in [0.29, 0.717) is 5.75 Å². The first-order valence-corrected chi connectivity index (χ1v) is 5.12. The lowest BCUT2D eigenvalue weighted by molar-refractivity contribution is -0.137. The molecule has 1 unspecified atom stereocenters. The Balaban J connectivity index is 3.84. The van der Waals surface area contributed by atoms with Crippen LogP contribution in [0.5, 0.6) is 0 Å². The van der Waals surface area contributed by atoms with Crippen LogP contribution in [0.15, 0.2) is 0 Å². The van der Waals surface area contributed by atoms with Crippen LogP contribution in [0.1, 0.15) is 20.3 Å². The summed E-state index contributed by atoms with van der Waals surface area (Å²) in [5.41, 5.74) is 4.93. The van der Waals surface area contributed by atoms with E-state index >= 15 is 0 Å². The molecule has 0 saturated carbocycles. The number of aliphatic carboxylic acids is 1. The lowest BCUT2D eigenvalue weighted by Crippen LogP contribution is -2.23. The fraction of sp³-hybridized carbons (Fsp3) is 0.750. The first-order chi connectivity index (χ1) is 5.95. The summed E-state index contributed by atoms with van der Waals surface area (Å²) in [6, 6.07) is 0. The molecule has 0 aromatic heterocycles. The number of hydrogen-bond donors (Lipinski definition) is 2. The van der Waals surface area contributed by atoms with Crippen LogP contribution in [0, 0.1) is 5.92 Å². The van der Waals surface area contributed by atoms with E-state index in [2.05, 4.69) is 0 Å². The van der Waals surface area contributed by atoms with Gasteiger partial charge in [0.1, 0.15) is 5.25 Å². The van der Waals surface area contributed by atoms with Crippen molar-refractivity contribution in [3.8, 4) is 0 Å². The van der Waals surface area contributed by atoms with Crippen LogP contribution in [0.4, 0.5) is 0 Å². The average Bonchev–Trinajstić information content (AvgIpc) is 1.95. The molecule has 0 aliphatic carbocycles. The Morgan fingerprint density at radius 1 is 1.46 bits per heavy atom. The molecule has 1 atom stereocenters. The second kappa shape index (κ2) is 5.85. The molecular formula is C8H15NO3S. The number of amides is 1. The maximum Gasteiger partial charge on any atom is 0.316 e. The third kappa shape index (κ3) is 5.52. The van der Waals surface area contributed by atoms with Crippen molar-refractivity contribution < 1.29 is 14.7 Å². The van der Waals surface area contributed by atoms with Crippen LogP contribution < -0.4 is 5.73 Å².